The normalized spacial score (nSPS) is 32.5. The van der Waals surface area contributed by atoms with E-state index in [-0.39, 0.29) is 6.04 Å². The number of hydrogen-bond acceptors (Lipinski definition) is 4. The molecular formula is C17H21N4O3+. The molecule has 1 aromatic rings. The smallest absolute Gasteiger partial charge is 0.330 e. The van der Waals surface area contributed by atoms with Crippen LogP contribution in [-0.4, -0.2) is 62.5 Å². The van der Waals surface area contributed by atoms with E-state index in [1.165, 1.54) is 11.9 Å². The van der Waals surface area contributed by atoms with Gasteiger partial charge >= 0.3 is 6.03 Å². The Morgan fingerprint density at radius 1 is 1.25 bits per heavy atom. The number of imide groups is 2. The zero-order chi connectivity index (χ0) is 17.1. The van der Waals surface area contributed by atoms with Crippen LogP contribution in [0.3, 0.4) is 0 Å². The number of barbiturate groups is 1. The number of nitrogens with one attached hydrogen (secondary N) is 2. The molecule has 3 atom stereocenters. The number of amides is 4. The number of rotatable bonds is 0. The van der Waals surface area contributed by atoms with E-state index in [1.807, 2.05) is 18.2 Å². The lowest BCUT2D eigenvalue weighted by Crippen LogP contribution is -3.14. The van der Waals surface area contributed by atoms with E-state index >= 15 is 0 Å². The molecule has 1 aromatic carbocycles. The van der Waals surface area contributed by atoms with Crippen LogP contribution in [-0.2, 0) is 16.0 Å². The molecule has 2 N–H and O–H groups in total. The molecule has 3 aliphatic heterocycles. The third-order valence-electron chi connectivity index (χ3n) is 5.65. The summed E-state index contributed by atoms with van der Waals surface area (Å²) in [5.41, 5.74) is 0.846. The Balaban J connectivity index is 1.89. The maximum atomic E-state index is 13.1. The Hall–Kier alpha value is -2.41. The average Bonchev–Trinajstić information content (AvgIpc) is 2.58. The SMILES string of the molecule is CN1C(=O)NC(=O)[C@]2(Cc3ccccc3N3CC[NH+](C)C[C@H]32)C1=O. The van der Waals surface area contributed by atoms with E-state index in [0.29, 0.717) is 13.0 Å². The van der Waals surface area contributed by atoms with Crippen molar-refractivity contribution < 1.29 is 19.3 Å². The van der Waals surface area contributed by atoms with Gasteiger partial charge in [-0.15, -0.1) is 0 Å². The second kappa shape index (κ2) is 5.04. The fourth-order valence-corrected chi connectivity index (χ4v) is 4.33. The van der Waals surface area contributed by atoms with Crippen molar-refractivity contribution in [2.24, 2.45) is 5.41 Å². The monoisotopic (exact) mass is 329 g/mol. The first-order chi connectivity index (χ1) is 11.4. The highest BCUT2D eigenvalue weighted by molar-refractivity contribution is 6.20. The molecule has 0 aromatic heterocycles. The van der Waals surface area contributed by atoms with Gasteiger partial charge in [-0.05, 0) is 11.6 Å². The highest BCUT2D eigenvalue weighted by atomic mass is 16.2. The molecule has 0 radical (unpaired) electrons. The van der Waals surface area contributed by atoms with Gasteiger partial charge in [0.2, 0.25) is 11.8 Å². The van der Waals surface area contributed by atoms with Crippen LogP contribution >= 0.6 is 0 Å². The van der Waals surface area contributed by atoms with Crippen LogP contribution in [0.25, 0.3) is 0 Å². The first kappa shape index (κ1) is 15.1. The highest BCUT2D eigenvalue weighted by Gasteiger charge is 2.63. The minimum Gasteiger partial charge on any atom is -0.355 e. The van der Waals surface area contributed by atoms with Crippen molar-refractivity contribution in [1.29, 1.82) is 0 Å². The zero-order valence-corrected chi connectivity index (χ0v) is 13.8. The summed E-state index contributed by atoms with van der Waals surface area (Å²) >= 11 is 0. The summed E-state index contributed by atoms with van der Waals surface area (Å²) < 4.78 is 0. The molecule has 3 heterocycles. The summed E-state index contributed by atoms with van der Waals surface area (Å²) in [5, 5.41) is 2.39. The molecule has 4 rings (SSSR count). The number of urea groups is 1. The number of para-hydroxylation sites is 1. The number of nitrogens with zero attached hydrogens (tertiary/aromatic N) is 2. The Morgan fingerprint density at radius 3 is 2.79 bits per heavy atom. The van der Waals surface area contributed by atoms with Gasteiger partial charge in [-0.25, -0.2) is 4.79 Å². The summed E-state index contributed by atoms with van der Waals surface area (Å²) in [6, 6.07) is 7.04. The van der Waals surface area contributed by atoms with Crippen LogP contribution in [0.5, 0.6) is 0 Å². The summed E-state index contributed by atoms with van der Waals surface area (Å²) in [7, 11) is 3.52. The second-order valence-corrected chi connectivity index (χ2v) is 7.02. The molecule has 1 unspecified atom stereocenters. The number of likely N-dealkylation sites (N-methyl/N-ethyl adjacent to an activating group) is 1. The predicted molar refractivity (Wildman–Crippen MR) is 86.6 cm³/mol. The fraction of sp³-hybridized carbons (Fsp3) is 0.471. The summed E-state index contributed by atoms with van der Waals surface area (Å²) in [5.74, 6) is -0.856. The van der Waals surface area contributed by atoms with Gasteiger partial charge in [0.1, 0.15) is 6.04 Å². The number of piperazine rings is 1. The summed E-state index contributed by atoms with van der Waals surface area (Å²) in [6.45, 7) is 2.43. The maximum absolute atomic E-state index is 13.1. The van der Waals surface area contributed by atoms with Crippen molar-refractivity contribution in [2.75, 3.05) is 38.6 Å². The number of fused-ring (bicyclic) bond motifs is 4. The van der Waals surface area contributed by atoms with Crippen LogP contribution in [0.2, 0.25) is 0 Å². The van der Waals surface area contributed by atoms with E-state index in [2.05, 4.69) is 23.3 Å². The topological polar surface area (TPSA) is 74.2 Å². The zero-order valence-electron chi connectivity index (χ0n) is 13.8. The van der Waals surface area contributed by atoms with E-state index in [1.54, 1.807) is 0 Å². The molecule has 24 heavy (non-hydrogen) atoms. The molecule has 7 nitrogen and oxygen atoms in total. The number of anilines is 1. The summed E-state index contributed by atoms with van der Waals surface area (Å²) in [6.07, 6.45) is 0.333. The molecule has 4 amide bonds. The minimum atomic E-state index is -1.24. The molecule has 7 heteroatoms. The van der Waals surface area contributed by atoms with Crippen molar-refractivity contribution in [3.63, 3.8) is 0 Å². The fourth-order valence-electron chi connectivity index (χ4n) is 4.33. The van der Waals surface area contributed by atoms with Gasteiger partial charge in [-0.2, -0.15) is 0 Å². The van der Waals surface area contributed by atoms with Crippen molar-refractivity contribution in [2.45, 2.75) is 12.5 Å². The lowest BCUT2D eigenvalue weighted by atomic mass is 9.68. The predicted octanol–water partition coefficient (Wildman–Crippen LogP) is -1.36. The van der Waals surface area contributed by atoms with Crippen molar-refractivity contribution in [1.82, 2.24) is 10.2 Å². The number of benzene rings is 1. The Bertz CT molecular complexity index is 749. The van der Waals surface area contributed by atoms with Crippen molar-refractivity contribution in [3.8, 4) is 0 Å². The lowest BCUT2D eigenvalue weighted by molar-refractivity contribution is -0.883. The first-order valence-corrected chi connectivity index (χ1v) is 8.24. The molecule has 0 bridgehead atoms. The van der Waals surface area contributed by atoms with E-state index in [0.717, 1.165) is 29.2 Å². The maximum Gasteiger partial charge on any atom is 0.330 e. The van der Waals surface area contributed by atoms with Gasteiger partial charge in [-0.1, -0.05) is 18.2 Å². The Labute approximate surface area is 140 Å². The van der Waals surface area contributed by atoms with Gasteiger partial charge in [0.15, 0.2) is 5.41 Å². The van der Waals surface area contributed by atoms with E-state index < -0.39 is 23.3 Å². The first-order valence-electron chi connectivity index (χ1n) is 8.24. The van der Waals surface area contributed by atoms with Gasteiger partial charge < -0.3 is 9.80 Å². The molecule has 3 aliphatic rings. The largest absolute Gasteiger partial charge is 0.355 e. The standard InChI is InChI=1S/C17H20N4O3/c1-19-7-8-21-12-6-4-3-5-11(12)9-17(13(21)10-19)14(22)18-16(24)20(2)15(17)23/h3-6,13H,7-10H2,1-2H3,(H,18,22,24)/p+1/t13-,17+/m0/s1. The van der Waals surface area contributed by atoms with Crippen LogP contribution in [0.15, 0.2) is 24.3 Å². The second-order valence-electron chi connectivity index (χ2n) is 7.02. The molecule has 2 saturated heterocycles. The number of carbonyl (C=O) groups is 3. The van der Waals surface area contributed by atoms with Crippen LogP contribution in [0.1, 0.15) is 5.56 Å². The Kier molecular flexibility index (Phi) is 3.18. The van der Waals surface area contributed by atoms with Crippen molar-refractivity contribution in [3.05, 3.63) is 29.8 Å². The molecule has 0 saturated carbocycles. The molecule has 0 aliphatic carbocycles. The molecule has 126 valence electrons. The molecular weight excluding hydrogens is 308 g/mol. The minimum absolute atomic E-state index is 0.246. The van der Waals surface area contributed by atoms with Gasteiger partial charge in [0.05, 0.1) is 26.7 Å². The van der Waals surface area contributed by atoms with Gasteiger partial charge in [0, 0.05) is 19.2 Å². The number of carbonyl (C=O) groups excluding carboxylic acids is 3. The third kappa shape index (κ3) is 1.84. The third-order valence-corrected chi connectivity index (χ3v) is 5.65. The number of hydrogen-bond donors (Lipinski definition) is 2. The lowest BCUT2D eigenvalue weighted by Gasteiger charge is -2.53. The van der Waals surface area contributed by atoms with Crippen LogP contribution in [0.4, 0.5) is 10.5 Å². The van der Waals surface area contributed by atoms with Crippen LogP contribution in [0, 0.1) is 5.41 Å². The Morgan fingerprint density at radius 2 is 2.00 bits per heavy atom. The molecule has 2 fully saturated rings. The average molecular weight is 329 g/mol. The van der Waals surface area contributed by atoms with E-state index in [4.69, 9.17) is 0 Å². The van der Waals surface area contributed by atoms with Gasteiger partial charge in [0.25, 0.3) is 0 Å². The van der Waals surface area contributed by atoms with Crippen LogP contribution < -0.4 is 15.1 Å². The van der Waals surface area contributed by atoms with E-state index in [9.17, 15) is 14.4 Å². The van der Waals surface area contributed by atoms with Crippen molar-refractivity contribution >= 4 is 23.5 Å². The van der Waals surface area contributed by atoms with Gasteiger partial charge in [-0.3, -0.25) is 19.8 Å². The quantitative estimate of drug-likeness (QED) is 0.577. The number of quaternary nitrogens is 1. The highest BCUT2D eigenvalue weighted by Crippen LogP contribution is 2.43. The molecule has 1 spiro atoms. The summed E-state index contributed by atoms with van der Waals surface area (Å²) in [4.78, 5) is 42.4.